The number of hydrogen-bond acceptors (Lipinski definition) is 4. The van der Waals surface area contributed by atoms with Gasteiger partial charge in [0, 0.05) is 17.8 Å². The van der Waals surface area contributed by atoms with E-state index in [0.717, 1.165) is 12.0 Å². The van der Waals surface area contributed by atoms with Crippen molar-refractivity contribution in [3.8, 4) is 0 Å². The Bertz CT molecular complexity index is 855. The number of aryl methyl sites for hydroxylation is 1. The summed E-state index contributed by atoms with van der Waals surface area (Å²) < 4.78 is 5.26. The lowest BCUT2D eigenvalue weighted by Gasteiger charge is -2.25. The molecule has 0 bridgehead atoms. The second-order valence-corrected chi connectivity index (χ2v) is 8.49. The number of anilines is 1. The van der Waals surface area contributed by atoms with Gasteiger partial charge in [-0.1, -0.05) is 37.3 Å². The maximum atomic E-state index is 12.7. The number of amides is 2. The van der Waals surface area contributed by atoms with E-state index in [0.29, 0.717) is 17.8 Å². The van der Waals surface area contributed by atoms with Crippen molar-refractivity contribution in [3.63, 3.8) is 0 Å². The van der Waals surface area contributed by atoms with Gasteiger partial charge in [-0.05, 0) is 70.6 Å². The van der Waals surface area contributed by atoms with Gasteiger partial charge in [0.2, 0.25) is 0 Å². The summed E-state index contributed by atoms with van der Waals surface area (Å²) in [6.45, 7) is 8.00. The summed E-state index contributed by atoms with van der Waals surface area (Å²) in [5.74, 6) is -0.195. The molecule has 1 unspecified atom stereocenters. The highest BCUT2D eigenvalue weighted by atomic mass is 16.6. The minimum atomic E-state index is -0.588. The van der Waals surface area contributed by atoms with Crippen LogP contribution in [0.5, 0.6) is 0 Å². The fraction of sp³-hybridized carbons (Fsp3) is 0.417. The van der Waals surface area contributed by atoms with Crippen LogP contribution in [0.2, 0.25) is 0 Å². The van der Waals surface area contributed by atoms with E-state index >= 15 is 0 Å². The third-order valence-corrected chi connectivity index (χ3v) is 4.62. The molecule has 2 rings (SSSR count). The van der Waals surface area contributed by atoms with Gasteiger partial charge in [-0.2, -0.15) is 0 Å². The van der Waals surface area contributed by atoms with Crippen molar-refractivity contribution in [1.29, 1.82) is 0 Å². The van der Waals surface area contributed by atoms with Gasteiger partial charge in [-0.15, -0.1) is 0 Å². The standard InChI is InChI=1S/C24H33N3O3/c1-7-17-11-13-18(14-12-17)21(27(5)6)16-25-22(28)19-9-8-10-20(15-19)26-23(29)30-24(2,3)4/h8-15,21H,7,16H2,1-6H3,(H,25,28)(H,26,29). The predicted octanol–water partition coefficient (Wildman–Crippen LogP) is 4.63. The van der Waals surface area contributed by atoms with E-state index in [4.69, 9.17) is 4.74 Å². The summed E-state index contributed by atoms with van der Waals surface area (Å²) in [5, 5.41) is 5.67. The SMILES string of the molecule is CCc1ccc(C(CNC(=O)c2cccc(NC(=O)OC(C)(C)C)c2)N(C)C)cc1. The molecule has 2 aromatic rings. The molecule has 0 fully saturated rings. The Morgan fingerprint density at radius 3 is 2.30 bits per heavy atom. The van der Waals surface area contributed by atoms with Crippen LogP contribution >= 0.6 is 0 Å². The summed E-state index contributed by atoms with van der Waals surface area (Å²) in [4.78, 5) is 26.7. The first-order chi connectivity index (χ1) is 14.1. The van der Waals surface area contributed by atoms with Crippen molar-refractivity contribution >= 4 is 17.7 Å². The van der Waals surface area contributed by atoms with Crippen molar-refractivity contribution in [2.75, 3.05) is 26.0 Å². The number of nitrogens with zero attached hydrogens (tertiary/aromatic N) is 1. The Hall–Kier alpha value is -2.86. The average Bonchev–Trinajstić information content (AvgIpc) is 2.67. The van der Waals surface area contributed by atoms with Gasteiger partial charge in [-0.25, -0.2) is 4.79 Å². The molecule has 0 aromatic heterocycles. The summed E-state index contributed by atoms with van der Waals surface area (Å²) in [6, 6.07) is 15.3. The molecule has 0 saturated carbocycles. The molecule has 2 amide bonds. The quantitative estimate of drug-likeness (QED) is 0.697. The molecule has 0 aliphatic rings. The van der Waals surface area contributed by atoms with Crippen LogP contribution in [0.4, 0.5) is 10.5 Å². The van der Waals surface area contributed by atoms with E-state index in [1.54, 1.807) is 45.0 Å². The van der Waals surface area contributed by atoms with Gasteiger partial charge in [-0.3, -0.25) is 10.1 Å². The molecule has 0 aliphatic carbocycles. The molecule has 0 radical (unpaired) electrons. The normalized spacial score (nSPS) is 12.4. The van der Waals surface area contributed by atoms with E-state index in [1.807, 2.05) is 14.1 Å². The molecule has 162 valence electrons. The second kappa shape index (κ2) is 10.3. The topological polar surface area (TPSA) is 70.7 Å². The molecule has 6 nitrogen and oxygen atoms in total. The highest BCUT2D eigenvalue weighted by Crippen LogP contribution is 2.19. The van der Waals surface area contributed by atoms with Crippen LogP contribution in [0.3, 0.4) is 0 Å². The number of nitrogens with one attached hydrogen (secondary N) is 2. The maximum absolute atomic E-state index is 12.7. The third kappa shape index (κ3) is 7.19. The first-order valence-corrected chi connectivity index (χ1v) is 10.2. The molecular formula is C24H33N3O3. The maximum Gasteiger partial charge on any atom is 0.412 e. The van der Waals surface area contributed by atoms with Gasteiger partial charge in [0.25, 0.3) is 5.91 Å². The second-order valence-electron chi connectivity index (χ2n) is 8.49. The van der Waals surface area contributed by atoms with Crippen LogP contribution < -0.4 is 10.6 Å². The van der Waals surface area contributed by atoms with E-state index in [1.165, 1.54) is 5.56 Å². The van der Waals surface area contributed by atoms with E-state index in [9.17, 15) is 9.59 Å². The fourth-order valence-electron chi connectivity index (χ4n) is 3.03. The van der Waals surface area contributed by atoms with Gasteiger partial charge >= 0.3 is 6.09 Å². The minimum Gasteiger partial charge on any atom is -0.444 e. The number of hydrogen-bond donors (Lipinski definition) is 2. The van der Waals surface area contributed by atoms with Crippen molar-refractivity contribution in [2.45, 2.75) is 45.8 Å². The zero-order chi connectivity index (χ0) is 22.3. The van der Waals surface area contributed by atoms with Crippen LogP contribution in [0.25, 0.3) is 0 Å². The number of carbonyl (C=O) groups is 2. The minimum absolute atomic E-state index is 0.0583. The van der Waals surface area contributed by atoms with E-state index < -0.39 is 11.7 Å². The number of benzene rings is 2. The van der Waals surface area contributed by atoms with Gasteiger partial charge in [0.1, 0.15) is 5.60 Å². The van der Waals surface area contributed by atoms with E-state index in [2.05, 4.69) is 46.7 Å². The number of carbonyl (C=O) groups excluding carboxylic acids is 2. The molecule has 30 heavy (non-hydrogen) atoms. The Labute approximate surface area is 179 Å². The number of likely N-dealkylation sites (N-methyl/N-ethyl adjacent to an activating group) is 1. The Morgan fingerprint density at radius 2 is 1.73 bits per heavy atom. The lowest BCUT2D eigenvalue weighted by molar-refractivity contribution is 0.0635. The Kier molecular flexibility index (Phi) is 8.00. The molecular weight excluding hydrogens is 378 g/mol. The highest BCUT2D eigenvalue weighted by Gasteiger charge is 2.18. The summed E-state index contributed by atoms with van der Waals surface area (Å²) >= 11 is 0. The zero-order valence-corrected chi connectivity index (χ0v) is 18.8. The molecule has 6 heteroatoms. The fourth-order valence-corrected chi connectivity index (χ4v) is 3.03. The van der Waals surface area contributed by atoms with Crippen LogP contribution in [0, 0.1) is 0 Å². The van der Waals surface area contributed by atoms with Gasteiger partial charge in [0.15, 0.2) is 0 Å². The van der Waals surface area contributed by atoms with Crippen molar-refractivity contribution < 1.29 is 14.3 Å². The summed E-state index contributed by atoms with van der Waals surface area (Å²) in [6.07, 6.45) is 0.445. The van der Waals surface area contributed by atoms with Crippen LogP contribution in [-0.4, -0.2) is 43.1 Å². The lowest BCUT2D eigenvalue weighted by atomic mass is 10.0. The Balaban J connectivity index is 2.03. The zero-order valence-electron chi connectivity index (χ0n) is 18.8. The summed E-state index contributed by atoms with van der Waals surface area (Å²) in [7, 11) is 3.99. The van der Waals surface area contributed by atoms with Gasteiger partial charge < -0.3 is 15.0 Å². The molecule has 2 N–H and O–H groups in total. The largest absolute Gasteiger partial charge is 0.444 e. The molecule has 0 aliphatic heterocycles. The smallest absolute Gasteiger partial charge is 0.412 e. The third-order valence-electron chi connectivity index (χ3n) is 4.62. The number of ether oxygens (including phenoxy) is 1. The monoisotopic (exact) mass is 411 g/mol. The predicted molar refractivity (Wildman–Crippen MR) is 121 cm³/mol. The highest BCUT2D eigenvalue weighted by molar-refractivity contribution is 5.96. The lowest BCUT2D eigenvalue weighted by Crippen LogP contribution is -2.34. The van der Waals surface area contributed by atoms with Crippen LogP contribution in [-0.2, 0) is 11.2 Å². The van der Waals surface area contributed by atoms with E-state index in [-0.39, 0.29) is 11.9 Å². The first kappa shape index (κ1) is 23.4. The van der Waals surface area contributed by atoms with Crippen LogP contribution in [0.15, 0.2) is 48.5 Å². The molecule has 1 atom stereocenters. The first-order valence-electron chi connectivity index (χ1n) is 10.2. The average molecular weight is 412 g/mol. The number of rotatable bonds is 7. The Morgan fingerprint density at radius 1 is 1.07 bits per heavy atom. The van der Waals surface area contributed by atoms with Crippen LogP contribution in [0.1, 0.15) is 55.2 Å². The van der Waals surface area contributed by atoms with Gasteiger partial charge in [0.05, 0.1) is 6.04 Å². The molecule has 0 spiro atoms. The molecule has 0 saturated heterocycles. The molecule has 2 aromatic carbocycles. The van der Waals surface area contributed by atoms with Crippen molar-refractivity contribution in [3.05, 3.63) is 65.2 Å². The van der Waals surface area contributed by atoms with Crippen molar-refractivity contribution in [1.82, 2.24) is 10.2 Å². The molecule has 0 heterocycles. The summed E-state index contributed by atoms with van der Waals surface area (Å²) in [5.41, 5.74) is 2.83. The van der Waals surface area contributed by atoms with Crippen molar-refractivity contribution in [2.24, 2.45) is 0 Å².